The van der Waals surface area contributed by atoms with E-state index in [9.17, 15) is 4.79 Å². The van der Waals surface area contributed by atoms with Crippen molar-refractivity contribution in [3.05, 3.63) is 58.6 Å². The smallest absolute Gasteiger partial charge is 0.276 e. The number of halogens is 1. The fourth-order valence-electron chi connectivity index (χ4n) is 3.47. The summed E-state index contributed by atoms with van der Waals surface area (Å²) in [5.74, 6) is 1.22. The van der Waals surface area contributed by atoms with Crippen molar-refractivity contribution >= 4 is 17.5 Å². The van der Waals surface area contributed by atoms with Gasteiger partial charge in [0.2, 0.25) is 0 Å². The maximum atomic E-state index is 13.0. The highest BCUT2D eigenvalue weighted by Gasteiger charge is 2.34. The van der Waals surface area contributed by atoms with Gasteiger partial charge in [-0.1, -0.05) is 41.0 Å². The molecule has 0 saturated carbocycles. The van der Waals surface area contributed by atoms with Gasteiger partial charge < -0.3 is 13.9 Å². The van der Waals surface area contributed by atoms with E-state index in [0.717, 1.165) is 42.7 Å². The van der Waals surface area contributed by atoms with E-state index < -0.39 is 0 Å². The predicted octanol–water partition coefficient (Wildman–Crippen LogP) is 4.91. The second-order valence-corrected chi connectivity index (χ2v) is 7.15. The number of hydrogen-bond acceptors (Lipinski definition) is 5. The Kier molecular flexibility index (Phi) is 4.99. The van der Waals surface area contributed by atoms with Gasteiger partial charge in [0, 0.05) is 35.7 Å². The Morgan fingerprint density at radius 2 is 2.15 bits per heavy atom. The number of aromatic nitrogens is 2. The first kappa shape index (κ1) is 17.8. The highest BCUT2D eigenvalue weighted by molar-refractivity contribution is 6.30. The maximum Gasteiger partial charge on any atom is 0.276 e. The van der Waals surface area contributed by atoms with Gasteiger partial charge in [0.1, 0.15) is 11.5 Å². The summed E-state index contributed by atoms with van der Waals surface area (Å²) >= 11 is 6.03. The van der Waals surface area contributed by atoms with Crippen molar-refractivity contribution in [3.8, 4) is 11.3 Å². The maximum absolute atomic E-state index is 13.0. The quantitative estimate of drug-likeness (QED) is 0.623. The van der Waals surface area contributed by atoms with Crippen LogP contribution in [0.5, 0.6) is 0 Å². The van der Waals surface area contributed by atoms with Crippen molar-refractivity contribution in [2.75, 3.05) is 6.54 Å². The van der Waals surface area contributed by atoms with Crippen LogP contribution in [-0.4, -0.2) is 27.7 Å². The van der Waals surface area contributed by atoms with Crippen LogP contribution in [0.1, 0.15) is 54.2 Å². The van der Waals surface area contributed by atoms with Gasteiger partial charge in [-0.25, -0.2) is 0 Å². The Morgan fingerprint density at radius 1 is 1.26 bits per heavy atom. The number of hydrogen-bond donors (Lipinski definition) is 0. The fraction of sp³-hybridized carbons (Fsp3) is 0.350. The zero-order chi connectivity index (χ0) is 18.8. The molecule has 1 fully saturated rings. The van der Waals surface area contributed by atoms with Crippen molar-refractivity contribution < 1.29 is 13.8 Å². The van der Waals surface area contributed by atoms with Gasteiger partial charge >= 0.3 is 0 Å². The first-order valence-electron chi connectivity index (χ1n) is 9.15. The Bertz CT molecular complexity index is 949. The summed E-state index contributed by atoms with van der Waals surface area (Å²) in [7, 11) is 0. The van der Waals surface area contributed by atoms with Crippen LogP contribution in [0, 0.1) is 0 Å². The highest BCUT2D eigenvalue weighted by atomic mass is 35.5. The molecule has 0 aliphatic carbocycles. The number of carbonyl (C=O) groups excluding carboxylic acids is 1. The minimum atomic E-state index is -0.158. The molecule has 7 heteroatoms. The number of carbonyl (C=O) groups is 1. The van der Waals surface area contributed by atoms with Crippen LogP contribution in [0.25, 0.3) is 11.3 Å². The van der Waals surface area contributed by atoms with Crippen molar-refractivity contribution in [1.29, 1.82) is 0 Å². The van der Waals surface area contributed by atoms with E-state index in [1.54, 1.807) is 23.1 Å². The lowest BCUT2D eigenvalue weighted by molar-refractivity contribution is 0.0720. The van der Waals surface area contributed by atoms with Crippen LogP contribution in [0.4, 0.5) is 0 Å². The summed E-state index contributed by atoms with van der Waals surface area (Å²) in [5, 5.41) is 8.76. The molecular weight excluding hydrogens is 366 g/mol. The molecule has 3 aromatic rings. The zero-order valence-electron chi connectivity index (χ0n) is 15.0. The first-order valence-corrected chi connectivity index (χ1v) is 9.52. The fourth-order valence-corrected chi connectivity index (χ4v) is 3.66. The van der Waals surface area contributed by atoms with Crippen LogP contribution >= 0.6 is 11.6 Å². The Labute approximate surface area is 162 Å². The molecule has 0 N–H and O–H groups in total. The van der Waals surface area contributed by atoms with E-state index in [4.69, 9.17) is 20.6 Å². The molecule has 0 bridgehead atoms. The Hall–Kier alpha value is -2.60. The molecule has 27 heavy (non-hydrogen) atoms. The van der Waals surface area contributed by atoms with Gasteiger partial charge in [0.15, 0.2) is 11.5 Å². The number of amides is 1. The third kappa shape index (κ3) is 3.62. The molecule has 0 radical (unpaired) electrons. The SMILES string of the molecule is CCCc1cc([C@@H]2CCCN2C(=O)c2cc(-c3cccc(Cl)c3)on2)no1. The van der Waals surface area contributed by atoms with Gasteiger partial charge in [-0.2, -0.15) is 0 Å². The van der Waals surface area contributed by atoms with Gasteiger partial charge in [-0.15, -0.1) is 0 Å². The molecule has 0 unspecified atom stereocenters. The van der Waals surface area contributed by atoms with Gasteiger partial charge in [-0.3, -0.25) is 4.79 Å². The molecule has 0 spiro atoms. The lowest BCUT2D eigenvalue weighted by atomic mass is 10.1. The molecule has 1 saturated heterocycles. The molecule has 1 aromatic carbocycles. The highest BCUT2D eigenvalue weighted by Crippen LogP contribution is 2.33. The number of benzene rings is 1. The van der Waals surface area contributed by atoms with Crippen LogP contribution in [0.3, 0.4) is 0 Å². The second-order valence-electron chi connectivity index (χ2n) is 6.71. The lowest BCUT2D eigenvalue weighted by Gasteiger charge is -2.21. The summed E-state index contributed by atoms with van der Waals surface area (Å²) in [6.45, 7) is 2.76. The molecule has 4 rings (SSSR count). The Balaban J connectivity index is 1.55. The topological polar surface area (TPSA) is 72.4 Å². The number of nitrogens with zero attached hydrogens (tertiary/aromatic N) is 3. The van der Waals surface area contributed by atoms with E-state index in [2.05, 4.69) is 17.2 Å². The molecule has 1 amide bonds. The summed E-state index contributed by atoms with van der Waals surface area (Å²) in [5.41, 5.74) is 1.88. The second kappa shape index (κ2) is 7.56. The van der Waals surface area contributed by atoms with Crippen LogP contribution < -0.4 is 0 Å². The number of likely N-dealkylation sites (tertiary alicyclic amines) is 1. The normalized spacial score (nSPS) is 16.8. The summed E-state index contributed by atoms with van der Waals surface area (Å²) in [4.78, 5) is 14.8. The standard InChI is InChI=1S/C20H20ClN3O3/c1-2-5-15-11-16(22-26-15)18-8-4-9-24(18)20(25)17-12-19(27-23-17)13-6-3-7-14(21)10-13/h3,6-7,10-12,18H,2,4-5,8-9H2,1H3/t18-/m0/s1. The first-order chi connectivity index (χ1) is 13.2. The minimum Gasteiger partial charge on any atom is -0.361 e. The summed E-state index contributed by atoms with van der Waals surface area (Å²) in [6.07, 6.45) is 3.63. The van der Waals surface area contributed by atoms with Crippen molar-refractivity contribution in [3.63, 3.8) is 0 Å². The average molecular weight is 386 g/mol. The summed E-state index contributed by atoms with van der Waals surface area (Å²) < 4.78 is 10.8. The molecule has 2 aromatic heterocycles. The molecule has 140 valence electrons. The van der Waals surface area contributed by atoms with E-state index in [0.29, 0.717) is 17.3 Å². The van der Waals surface area contributed by atoms with E-state index in [1.807, 2.05) is 18.2 Å². The molecule has 3 heterocycles. The molecule has 1 atom stereocenters. The van der Waals surface area contributed by atoms with E-state index in [-0.39, 0.29) is 17.6 Å². The van der Waals surface area contributed by atoms with E-state index in [1.165, 1.54) is 0 Å². The number of aryl methyl sites for hydroxylation is 1. The third-order valence-electron chi connectivity index (χ3n) is 4.77. The third-order valence-corrected chi connectivity index (χ3v) is 5.00. The average Bonchev–Trinajstić information content (AvgIpc) is 3.41. The van der Waals surface area contributed by atoms with E-state index >= 15 is 0 Å². The van der Waals surface area contributed by atoms with Gasteiger partial charge in [-0.05, 0) is 31.4 Å². The van der Waals surface area contributed by atoms with Crippen LogP contribution in [0.2, 0.25) is 5.02 Å². The summed E-state index contributed by atoms with van der Waals surface area (Å²) in [6, 6.07) is 10.8. The minimum absolute atomic E-state index is 0.0850. The lowest BCUT2D eigenvalue weighted by Crippen LogP contribution is -2.30. The number of rotatable bonds is 5. The largest absolute Gasteiger partial charge is 0.361 e. The van der Waals surface area contributed by atoms with Crippen LogP contribution in [-0.2, 0) is 6.42 Å². The van der Waals surface area contributed by atoms with Crippen molar-refractivity contribution in [1.82, 2.24) is 15.2 Å². The molecule has 1 aliphatic rings. The molecular formula is C20H20ClN3O3. The Morgan fingerprint density at radius 3 is 2.96 bits per heavy atom. The predicted molar refractivity (Wildman–Crippen MR) is 100 cm³/mol. The monoisotopic (exact) mass is 385 g/mol. The van der Waals surface area contributed by atoms with Gasteiger partial charge in [0.25, 0.3) is 5.91 Å². The van der Waals surface area contributed by atoms with Crippen LogP contribution in [0.15, 0.2) is 45.4 Å². The van der Waals surface area contributed by atoms with Gasteiger partial charge in [0.05, 0.1) is 6.04 Å². The zero-order valence-corrected chi connectivity index (χ0v) is 15.8. The van der Waals surface area contributed by atoms with Crippen molar-refractivity contribution in [2.24, 2.45) is 0 Å². The molecule has 1 aliphatic heterocycles. The molecule has 6 nitrogen and oxygen atoms in total. The van der Waals surface area contributed by atoms with Crippen molar-refractivity contribution in [2.45, 2.75) is 38.6 Å².